The van der Waals surface area contributed by atoms with E-state index in [2.05, 4.69) is 5.32 Å². The number of hydrogen-bond acceptors (Lipinski definition) is 3. The minimum Gasteiger partial charge on any atom is -0.460 e. The molecule has 0 saturated heterocycles. The highest BCUT2D eigenvalue weighted by Gasteiger charge is 2.28. The summed E-state index contributed by atoms with van der Waals surface area (Å²) in [4.78, 5) is 23.2. The molecular formula is C13H25NO3. The van der Waals surface area contributed by atoms with Gasteiger partial charge in [-0.15, -0.1) is 0 Å². The lowest BCUT2D eigenvalue weighted by atomic mass is 9.87. The molecule has 0 aromatic rings. The zero-order chi connectivity index (χ0) is 13.7. The van der Waals surface area contributed by atoms with Crippen molar-refractivity contribution in [3.63, 3.8) is 0 Å². The molecule has 17 heavy (non-hydrogen) atoms. The van der Waals surface area contributed by atoms with E-state index in [1.807, 2.05) is 41.5 Å². The number of hydrogen-bond donors (Lipinski definition) is 1. The first kappa shape index (κ1) is 15.9. The lowest BCUT2D eigenvalue weighted by Gasteiger charge is -2.24. The summed E-state index contributed by atoms with van der Waals surface area (Å²) in [5.74, 6) is -0.279. The fraction of sp³-hybridized carbons (Fsp3) is 0.846. The fourth-order valence-electron chi connectivity index (χ4n) is 1.32. The Balaban J connectivity index is 4.18. The second kappa shape index (κ2) is 6.03. The van der Waals surface area contributed by atoms with Crippen molar-refractivity contribution >= 4 is 11.9 Å². The molecule has 0 saturated carbocycles. The van der Waals surface area contributed by atoms with Gasteiger partial charge in [0.15, 0.2) is 0 Å². The lowest BCUT2D eigenvalue weighted by molar-refractivity contribution is -0.155. The van der Waals surface area contributed by atoms with Gasteiger partial charge in [0.1, 0.15) is 5.60 Å². The van der Waals surface area contributed by atoms with Crippen molar-refractivity contribution in [3.8, 4) is 0 Å². The van der Waals surface area contributed by atoms with Gasteiger partial charge in [-0.25, -0.2) is 0 Å². The largest absolute Gasteiger partial charge is 0.460 e. The van der Waals surface area contributed by atoms with Gasteiger partial charge in [-0.3, -0.25) is 9.59 Å². The summed E-state index contributed by atoms with van der Waals surface area (Å²) in [5.41, 5.74) is -1.00. The van der Waals surface area contributed by atoms with E-state index in [-0.39, 0.29) is 18.3 Å². The Hall–Kier alpha value is -1.06. The zero-order valence-corrected chi connectivity index (χ0v) is 11.8. The van der Waals surface area contributed by atoms with Crippen LogP contribution in [0, 0.1) is 5.41 Å². The van der Waals surface area contributed by atoms with Gasteiger partial charge >= 0.3 is 5.97 Å². The molecule has 0 rings (SSSR count). The first-order valence-corrected chi connectivity index (χ1v) is 6.08. The second-order valence-corrected chi connectivity index (χ2v) is 5.83. The van der Waals surface area contributed by atoms with Crippen molar-refractivity contribution in [2.45, 2.75) is 60.0 Å². The van der Waals surface area contributed by atoms with Crippen molar-refractivity contribution < 1.29 is 14.3 Å². The zero-order valence-electron chi connectivity index (χ0n) is 11.8. The molecule has 0 fully saturated rings. The van der Waals surface area contributed by atoms with Crippen LogP contribution in [0.15, 0.2) is 0 Å². The quantitative estimate of drug-likeness (QED) is 0.754. The van der Waals surface area contributed by atoms with Crippen LogP contribution < -0.4 is 5.32 Å². The number of esters is 1. The van der Waals surface area contributed by atoms with Gasteiger partial charge in [-0.05, 0) is 34.1 Å². The molecule has 0 aliphatic carbocycles. The van der Waals surface area contributed by atoms with Crippen LogP contribution in [0.4, 0.5) is 0 Å². The van der Waals surface area contributed by atoms with E-state index in [0.29, 0.717) is 13.0 Å². The highest BCUT2D eigenvalue weighted by atomic mass is 16.6. The molecule has 100 valence electrons. The first-order chi connectivity index (χ1) is 7.58. The normalized spacial score (nSPS) is 12.1. The molecular weight excluding hydrogens is 218 g/mol. The Morgan fingerprint density at radius 1 is 1.12 bits per heavy atom. The van der Waals surface area contributed by atoms with E-state index in [9.17, 15) is 9.59 Å². The van der Waals surface area contributed by atoms with Crippen molar-refractivity contribution in [1.82, 2.24) is 5.32 Å². The van der Waals surface area contributed by atoms with Crippen LogP contribution in [0.5, 0.6) is 0 Å². The van der Waals surface area contributed by atoms with Gasteiger partial charge in [-0.1, -0.05) is 13.8 Å². The molecule has 1 N–H and O–H groups in total. The summed E-state index contributed by atoms with van der Waals surface area (Å²) < 4.78 is 5.20. The van der Waals surface area contributed by atoms with Crippen molar-refractivity contribution in [2.24, 2.45) is 5.41 Å². The van der Waals surface area contributed by atoms with Crippen molar-refractivity contribution in [1.29, 1.82) is 0 Å². The summed E-state index contributed by atoms with van der Waals surface area (Å²) in [6, 6.07) is 0. The minimum atomic E-state index is -0.535. The van der Waals surface area contributed by atoms with Gasteiger partial charge in [0.25, 0.3) is 0 Å². The number of carbonyl (C=O) groups excluding carboxylic acids is 2. The lowest BCUT2D eigenvalue weighted by Crippen LogP contribution is -2.37. The molecule has 0 unspecified atom stereocenters. The number of ether oxygens (including phenoxy) is 1. The maximum absolute atomic E-state index is 11.7. The highest BCUT2D eigenvalue weighted by Crippen LogP contribution is 2.23. The van der Waals surface area contributed by atoms with E-state index in [0.717, 1.165) is 0 Å². The molecule has 0 heterocycles. The van der Waals surface area contributed by atoms with Gasteiger partial charge in [0, 0.05) is 18.4 Å². The number of rotatable bonds is 5. The molecule has 0 spiro atoms. The maximum atomic E-state index is 11.7. The Labute approximate surface area is 104 Å². The third-order valence-corrected chi connectivity index (χ3v) is 2.33. The summed E-state index contributed by atoms with van der Waals surface area (Å²) in [7, 11) is 0. The topological polar surface area (TPSA) is 55.4 Å². The third kappa shape index (κ3) is 6.97. The molecule has 4 nitrogen and oxygen atoms in total. The predicted octanol–water partition coefficient (Wildman–Crippen LogP) is 2.27. The summed E-state index contributed by atoms with van der Waals surface area (Å²) in [6.45, 7) is 11.7. The molecule has 0 aromatic heterocycles. The maximum Gasteiger partial charge on any atom is 0.306 e. The third-order valence-electron chi connectivity index (χ3n) is 2.33. The average Bonchev–Trinajstić information content (AvgIpc) is 2.12. The molecule has 0 radical (unpaired) electrons. The Kier molecular flexibility index (Phi) is 5.66. The van der Waals surface area contributed by atoms with Crippen molar-refractivity contribution in [2.75, 3.05) is 6.54 Å². The molecule has 4 heteroatoms. The summed E-state index contributed by atoms with van der Waals surface area (Å²) >= 11 is 0. The first-order valence-electron chi connectivity index (χ1n) is 6.08. The average molecular weight is 243 g/mol. The van der Waals surface area contributed by atoms with Gasteiger partial charge < -0.3 is 10.1 Å². The van der Waals surface area contributed by atoms with E-state index < -0.39 is 11.0 Å². The van der Waals surface area contributed by atoms with Crippen molar-refractivity contribution in [3.05, 3.63) is 0 Å². The summed E-state index contributed by atoms with van der Waals surface area (Å²) in [6.07, 6.45) is 0.759. The molecule has 0 aliphatic rings. The van der Waals surface area contributed by atoms with E-state index >= 15 is 0 Å². The Bertz CT molecular complexity index is 277. The predicted molar refractivity (Wildman–Crippen MR) is 67.5 cm³/mol. The number of amides is 1. The van der Waals surface area contributed by atoms with E-state index in [1.165, 1.54) is 0 Å². The molecule has 0 bridgehead atoms. The van der Waals surface area contributed by atoms with Crippen LogP contribution in [-0.4, -0.2) is 24.0 Å². The summed E-state index contributed by atoms with van der Waals surface area (Å²) in [5, 5.41) is 2.77. The highest BCUT2D eigenvalue weighted by molar-refractivity contribution is 5.82. The van der Waals surface area contributed by atoms with Crippen LogP contribution in [0.3, 0.4) is 0 Å². The van der Waals surface area contributed by atoms with Crippen LogP contribution in [0.25, 0.3) is 0 Å². The van der Waals surface area contributed by atoms with Crippen LogP contribution in [0.2, 0.25) is 0 Å². The SMILES string of the molecule is CCNC(=O)C(C)(C)CCC(=O)OC(C)(C)C. The minimum absolute atomic E-state index is 0.0245. The molecule has 0 aromatic carbocycles. The Morgan fingerprint density at radius 3 is 2.06 bits per heavy atom. The van der Waals surface area contributed by atoms with E-state index in [1.54, 1.807) is 0 Å². The Morgan fingerprint density at radius 2 is 1.65 bits per heavy atom. The number of nitrogens with one attached hydrogen (secondary N) is 1. The van der Waals surface area contributed by atoms with Gasteiger partial charge in [-0.2, -0.15) is 0 Å². The fourth-order valence-corrected chi connectivity index (χ4v) is 1.32. The smallest absolute Gasteiger partial charge is 0.306 e. The second-order valence-electron chi connectivity index (χ2n) is 5.83. The van der Waals surface area contributed by atoms with Gasteiger partial charge in [0.05, 0.1) is 0 Å². The monoisotopic (exact) mass is 243 g/mol. The van der Waals surface area contributed by atoms with Crippen LogP contribution in [-0.2, 0) is 14.3 Å². The molecule has 0 aliphatic heterocycles. The molecule has 0 atom stereocenters. The van der Waals surface area contributed by atoms with Crippen LogP contribution in [0.1, 0.15) is 54.4 Å². The van der Waals surface area contributed by atoms with E-state index in [4.69, 9.17) is 4.74 Å². The standard InChI is InChI=1S/C13H25NO3/c1-7-14-11(16)13(5,6)9-8-10(15)17-12(2,3)4/h7-9H2,1-6H3,(H,14,16). The van der Waals surface area contributed by atoms with Gasteiger partial charge in [0.2, 0.25) is 5.91 Å². The molecule has 1 amide bonds. The number of carbonyl (C=O) groups is 2. The van der Waals surface area contributed by atoms with Crippen LogP contribution >= 0.6 is 0 Å².